The summed E-state index contributed by atoms with van der Waals surface area (Å²) in [6, 6.07) is 14.8. The molecule has 3 aromatic rings. The summed E-state index contributed by atoms with van der Waals surface area (Å²) >= 11 is 1.65. The van der Waals surface area contributed by atoms with Gasteiger partial charge in [0, 0.05) is 10.5 Å². The van der Waals surface area contributed by atoms with Crippen LogP contribution in [0.25, 0.3) is 10.8 Å². The normalized spacial score (nSPS) is 10.9. The average molecular weight is 295 g/mol. The second-order valence-corrected chi connectivity index (χ2v) is 5.97. The molecule has 0 unspecified atom stereocenters. The van der Waals surface area contributed by atoms with Crippen molar-refractivity contribution in [1.29, 1.82) is 0 Å². The van der Waals surface area contributed by atoms with Crippen LogP contribution in [-0.2, 0) is 6.42 Å². The van der Waals surface area contributed by atoms with Gasteiger partial charge in [-0.1, -0.05) is 55.4 Å². The van der Waals surface area contributed by atoms with Gasteiger partial charge in [0.25, 0.3) is 0 Å². The lowest BCUT2D eigenvalue weighted by molar-refractivity contribution is 0.862. The van der Waals surface area contributed by atoms with E-state index in [1.165, 1.54) is 22.0 Å². The highest BCUT2D eigenvalue weighted by atomic mass is 32.2. The Morgan fingerprint density at radius 1 is 1.05 bits per heavy atom. The maximum absolute atomic E-state index is 5.99. The molecule has 0 aliphatic carbocycles. The first-order valence-electron chi connectivity index (χ1n) is 7.04. The molecular formula is C17H17N3S. The molecule has 0 aliphatic heterocycles. The van der Waals surface area contributed by atoms with Crippen molar-refractivity contribution >= 4 is 28.4 Å². The van der Waals surface area contributed by atoms with Gasteiger partial charge in [-0.05, 0) is 29.3 Å². The molecule has 0 saturated heterocycles. The predicted octanol–water partition coefficient (Wildman–Crippen LogP) is 4.32. The number of anilines is 1. The van der Waals surface area contributed by atoms with Gasteiger partial charge in [0.1, 0.15) is 17.2 Å². The molecule has 0 amide bonds. The first kappa shape index (κ1) is 13.9. The van der Waals surface area contributed by atoms with Crippen molar-refractivity contribution in [3.05, 3.63) is 54.4 Å². The van der Waals surface area contributed by atoms with E-state index in [0.717, 1.165) is 23.4 Å². The number of aromatic nitrogens is 2. The standard InChI is InChI=1S/C17H17N3S/c1-2-5-15-16(18)19-11-20-17(15)21-14-9-8-12-6-3-4-7-13(12)10-14/h3-4,6-11H,2,5H2,1H3,(H2,18,19,20). The first-order valence-corrected chi connectivity index (χ1v) is 7.85. The van der Waals surface area contributed by atoms with Crippen LogP contribution in [0.4, 0.5) is 5.82 Å². The molecule has 0 radical (unpaired) electrons. The molecule has 4 heteroatoms. The summed E-state index contributed by atoms with van der Waals surface area (Å²) in [6.07, 6.45) is 3.48. The SMILES string of the molecule is CCCc1c(N)ncnc1Sc1ccc2ccccc2c1. The van der Waals surface area contributed by atoms with Gasteiger partial charge in [-0.25, -0.2) is 9.97 Å². The second kappa shape index (κ2) is 6.14. The molecule has 2 N–H and O–H groups in total. The Bertz CT molecular complexity index is 771. The zero-order valence-corrected chi connectivity index (χ0v) is 12.7. The maximum atomic E-state index is 5.99. The van der Waals surface area contributed by atoms with E-state index in [1.807, 2.05) is 0 Å². The molecule has 0 aliphatic rings. The van der Waals surface area contributed by atoms with Crippen molar-refractivity contribution in [2.75, 3.05) is 5.73 Å². The van der Waals surface area contributed by atoms with Gasteiger partial charge < -0.3 is 5.73 Å². The Morgan fingerprint density at radius 2 is 1.86 bits per heavy atom. The number of benzene rings is 2. The fourth-order valence-electron chi connectivity index (χ4n) is 2.32. The molecule has 0 fully saturated rings. The molecule has 0 spiro atoms. The van der Waals surface area contributed by atoms with E-state index in [9.17, 15) is 0 Å². The smallest absolute Gasteiger partial charge is 0.131 e. The van der Waals surface area contributed by atoms with Crippen molar-refractivity contribution < 1.29 is 0 Å². The third-order valence-electron chi connectivity index (χ3n) is 3.37. The minimum Gasteiger partial charge on any atom is -0.383 e. The molecule has 21 heavy (non-hydrogen) atoms. The Hall–Kier alpha value is -2.07. The van der Waals surface area contributed by atoms with E-state index < -0.39 is 0 Å². The van der Waals surface area contributed by atoms with Crippen LogP contribution in [0, 0.1) is 0 Å². The van der Waals surface area contributed by atoms with Gasteiger partial charge in [-0.2, -0.15) is 0 Å². The number of fused-ring (bicyclic) bond motifs is 1. The largest absolute Gasteiger partial charge is 0.383 e. The lowest BCUT2D eigenvalue weighted by atomic mass is 10.1. The summed E-state index contributed by atoms with van der Waals surface area (Å²) in [4.78, 5) is 9.68. The van der Waals surface area contributed by atoms with Gasteiger partial charge in [-0.15, -0.1) is 0 Å². The quantitative estimate of drug-likeness (QED) is 0.728. The number of nitrogens with zero attached hydrogens (tertiary/aromatic N) is 2. The molecule has 106 valence electrons. The zero-order chi connectivity index (χ0) is 14.7. The fraction of sp³-hybridized carbons (Fsp3) is 0.176. The summed E-state index contributed by atoms with van der Waals surface area (Å²) < 4.78 is 0. The molecule has 0 atom stereocenters. The van der Waals surface area contributed by atoms with E-state index in [4.69, 9.17) is 5.73 Å². The predicted molar refractivity (Wildman–Crippen MR) is 88.5 cm³/mol. The van der Waals surface area contributed by atoms with Gasteiger partial charge in [-0.3, -0.25) is 0 Å². The van der Waals surface area contributed by atoms with Gasteiger partial charge in [0.05, 0.1) is 0 Å². The van der Waals surface area contributed by atoms with Gasteiger partial charge >= 0.3 is 0 Å². The highest BCUT2D eigenvalue weighted by molar-refractivity contribution is 7.99. The number of hydrogen-bond donors (Lipinski definition) is 1. The number of hydrogen-bond acceptors (Lipinski definition) is 4. The van der Waals surface area contributed by atoms with E-state index in [0.29, 0.717) is 5.82 Å². The molecule has 3 rings (SSSR count). The van der Waals surface area contributed by atoms with Gasteiger partial charge in [0.15, 0.2) is 0 Å². The lowest BCUT2D eigenvalue weighted by Gasteiger charge is -2.09. The van der Waals surface area contributed by atoms with Crippen molar-refractivity contribution in [2.24, 2.45) is 0 Å². The second-order valence-electron chi connectivity index (χ2n) is 4.90. The molecule has 2 aromatic carbocycles. The Kier molecular flexibility index (Phi) is 4.06. The average Bonchev–Trinajstić information content (AvgIpc) is 2.51. The van der Waals surface area contributed by atoms with Gasteiger partial charge in [0.2, 0.25) is 0 Å². The Morgan fingerprint density at radius 3 is 2.67 bits per heavy atom. The topological polar surface area (TPSA) is 51.8 Å². The van der Waals surface area contributed by atoms with Crippen LogP contribution in [0.1, 0.15) is 18.9 Å². The minimum atomic E-state index is 0.593. The van der Waals surface area contributed by atoms with Crippen LogP contribution < -0.4 is 5.73 Å². The number of nitrogens with two attached hydrogens (primary N) is 1. The van der Waals surface area contributed by atoms with Crippen LogP contribution in [-0.4, -0.2) is 9.97 Å². The zero-order valence-electron chi connectivity index (χ0n) is 11.9. The van der Waals surface area contributed by atoms with E-state index >= 15 is 0 Å². The minimum absolute atomic E-state index is 0.593. The summed E-state index contributed by atoms with van der Waals surface area (Å²) in [5.41, 5.74) is 7.04. The molecule has 3 nitrogen and oxygen atoms in total. The monoisotopic (exact) mass is 295 g/mol. The van der Waals surface area contributed by atoms with Crippen LogP contribution in [0.5, 0.6) is 0 Å². The molecule has 1 aromatic heterocycles. The highest BCUT2D eigenvalue weighted by Crippen LogP contribution is 2.32. The molecule has 0 bridgehead atoms. The van der Waals surface area contributed by atoms with Crippen molar-refractivity contribution in [3.8, 4) is 0 Å². The highest BCUT2D eigenvalue weighted by Gasteiger charge is 2.10. The molecule has 0 saturated carbocycles. The van der Waals surface area contributed by atoms with Crippen molar-refractivity contribution in [2.45, 2.75) is 29.7 Å². The summed E-state index contributed by atoms with van der Waals surface area (Å²) in [7, 11) is 0. The van der Waals surface area contributed by atoms with Crippen LogP contribution in [0.15, 0.2) is 58.7 Å². The molecular weight excluding hydrogens is 278 g/mol. The van der Waals surface area contributed by atoms with Crippen molar-refractivity contribution in [1.82, 2.24) is 9.97 Å². The third-order valence-corrected chi connectivity index (χ3v) is 4.41. The first-order chi connectivity index (χ1) is 10.3. The van der Waals surface area contributed by atoms with Crippen LogP contribution in [0.3, 0.4) is 0 Å². The third kappa shape index (κ3) is 3.00. The van der Waals surface area contributed by atoms with E-state index in [2.05, 4.69) is 59.4 Å². The van der Waals surface area contributed by atoms with Crippen molar-refractivity contribution in [3.63, 3.8) is 0 Å². The molecule has 1 heterocycles. The maximum Gasteiger partial charge on any atom is 0.131 e. The van der Waals surface area contributed by atoms with E-state index in [1.54, 1.807) is 11.8 Å². The number of nitrogen functional groups attached to an aromatic ring is 1. The Labute approximate surface area is 128 Å². The Balaban J connectivity index is 1.96. The van der Waals surface area contributed by atoms with Crippen LogP contribution in [0.2, 0.25) is 0 Å². The summed E-state index contributed by atoms with van der Waals surface area (Å²) in [5.74, 6) is 0.593. The fourth-order valence-corrected chi connectivity index (χ4v) is 3.30. The summed E-state index contributed by atoms with van der Waals surface area (Å²) in [6.45, 7) is 2.14. The van der Waals surface area contributed by atoms with E-state index in [-0.39, 0.29) is 0 Å². The summed E-state index contributed by atoms with van der Waals surface area (Å²) in [5, 5.41) is 3.44. The lowest BCUT2D eigenvalue weighted by Crippen LogP contribution is -2.01. The number of rotatable bonds is 4. The van der Waals surface area contributed by atoms with Crippen LogP contribution >= 0.6 is 11.8 Å².